The Morgan fingerprint density at radius 2 is 2.00 bits per heavy atom. The van der Waals surface area contributed by atoms with E-state index in [0.717, 1.165) is 24.1 Å². The van der Waals surface area contributed by atoms with Crippen molar-refractivity contribution < 1.29 is 23.8 Å². The molecule has 6 nitrogen and oxygen atoms in total. The maximum Gasteiger partial charge on any atom is 0.308 e. The molecule has 0 amide bonds. The molecule has 0 fully saturated rings. The van der Waals surface area contributed by atoms with Gasteiger partial charge in [-0.15, -0.1) is 0 Å². The van der Waals surface area contributed by atoms with Crippen LogP contribution in [0.2, 0.25) is 0 Å². The van der Waals surface area contributed by atoms with Crippen LogP contribution in [0.25, 0.3) is 0 Å². The first-order chi connectivity index (χ1) is 14.2. The lowest BCUT2D eigenvalue weighted by Crippen LogP contribution is -2.44. The third-order valence-corrected chi connectivity index (χ3v) is 5.84. The van der Waals surface area contributed by atoms with E-state index in [1.807, 2.05) is 12.1 Å². The highest BCUT2D eigenvalue weighted by atomic mass is 16.5. The molecule has 6 heteroatoms. The van der Waals surface area contributed by atoms with Gasteiger partial charge in [-0.05, 0) is 52.4 Å². The first kappa shape index (κ1) is 24.0. The van der Waals surface area contributed by atoms with Gasteiger partial charge in [0.2, 0.25) is 0 Å². The van der Waals surface area contributed by atoms with Gasteiger partial charge in [-0.2, -0.15) is 0 Å². The minimum absolute atomic E-state index is 0.0872. The summed E-state index contributed by atoms with van der Waals surface area (Å²) >= 11 is 0. The minimum Gasteiger partial charge on any atom is -0.491 e. The summed E-state index contributed by atoms with van der Waals surface area (Å²) in [5.74, 6) is 0.851. The lowest BCUT2D eigenvalue weighted by Gasteiger charge is -2.42. The van der Waals surface area contributed by atoms with E-state index in [9.17, 15) is 9.59 Å². The average Bonchev–Trinajstić information content (AvgIpc) is 2.65. The lowest BCUT2D eigenvalue weighted by molar-refractivity contribution is -0.141. The standard InChI is InChI=1S/C24H37NO5/c1-7-8-9-10-16(2)29-19-14-21-20(22(15-19)30-17(3)26)13-18(24(4,5)25-21)11-12-23(27)28-6/h14-16,18,25H,7-13H2,1-6H3. The Bertz CT molecular complexity index is 743. The number of anilines is 1. The molecule has 168 valence electrons. The van der Waals surface area contributed by atoms with Crippen LogP contribution in [-0.2, 0) is 20.7 Å². The van der Waals surface area contributed by atoms with Crippen LogP contribution in [0.4, 0.5) is 5.69 Å². The molecule has 1 aliphatic heterocycles. The zero-order valence-corrected chi connectivity index (χ0v) is 19.3. The van der Waals surface area contributed by atoms with Gasteiger partial charge < -0.3 is 19.5 Å². The molecule has 0 saturated carbocycles. The number of carbonyl (C=O) groups excluding carboxylic acids is 2. The number of benzene rings is 1. The van der Waals surface area contributed by atoms with Crippen molar-refractivity contribution in [3.63, 3.8) is 0 Å². The van der Waals surface area contributed by atoms with Crippen LogP contribution in [0.5, 0.6) is 11.5 Å². The van der Waals surface area contributed by atoms with Crippen molar-refractivity contribution in [1.82, 2.24) is 0 Å². The normalized spacial score (nSPS) is 18.0. The second-order valence-electron chi connectivity index (χ2n) is 8.83. The monoisotopic (exact) mass is 419 g/mol. The van der Waals surface area contributed by atoms with Crippen LogP contribution in [0, 0.1) is 5.92 Å². The molecule has 0 bridgehead atoms. The van der Waals surface area contributed by atoms with Gasteiger partial charge in [0.1, 0.15) is 11.5 Å². The van der Waals surface area contributed by atoms with Gasteiger partial charge in [-0.3, -0.25) is 9.59 Å². The number of ether oxygens (including phenoxy) is 3. The van der Waals surface area contributed by atoms with Crippen LogP contribution < -0.4 is 14.8 Å². The molecule has 2 rings (SSSR count). The number of hydrogen-bond acceptors (Lipinski definition) is 6. The third-order valence-electron chi connectivity index (χ3n) is 5.84. The fourth-order valence-electron chi connectivity index (χ4n) is 4.04. The number of hydrogen-bond donors (Lipinski definition) is 1. The Kier molecular flexibility index (Phi) is 8.56. The smallest absolute Gasteiger partial charge is 0.308 e. The van der Waals surface area contributed by atoms with E-state index in [-0.39, 0.29) is 29.5 Å². The highest BCUT2D eigenvalue weighted by Crippen LogP contribution is 2.43. The van der Waals surface area contributed by atoms with Gasteiger partial charge in [-0.1, -0.05) is 19.8 Å². The Labute approximate surface area is 180 Å². The van der Waals surface area contributed by atoms with Gasteiger partial charge in [0.15, 0.2) is 0 Å². The molecule has 1 N–H and O–H groups in total. The predicted molar refractivity (Wildman–Crippen MR) is 118 cm³/mol. The Hall–Kier alpha value is -2.24. The van der Waals surface area contributed by atoms with Crippen molar-refractivity contribution in [1.29, 1.82) is 0 Å². The summed E-state index contributed by atoms with van der Waals surface area (Å²) in [4.78, 5) is 23.4. The van der Waals surface area contributed by atoms with Crippen LogP contribution in [0.15, 0.2) is 12.1 Å². The van der Waals surface area contributed by atoms with Crippen molar-refractivity contribution in [2.45, 2.75) is 91.2 Å². The van der Waals surface area contributed by atoms with Crippen LogP contribution in [0.3, 0.4) is 0 Å². The predicted octanol–water partition coefficient (Wildman–Crippen LogP) is 5.28. The molecule has 0 aromatic heterocycles. The minimum atomic E-state index is -0.360. The zero-order valence-electron chi connectivity index (χ0n) is 19.3. The summed E-state index contributed by atoms with van der Waals surface area (Å²) in [7, 11) is 1.41. The van der Waals surface area contributed by atoms with Crippen molar-refractivity contribution in [2.75, 3.05) is 12.4 Å². The molecule has 0 radical (unpaired) electrons. The summed E-state index contributed by atoms with van der Waals surface area (Å²) < 4.78 is 16.5. The zero-order chi connectivity index (χ0) is 22.3. The first-order valence-electron chi connectivity index (χ1n) is 11.0. The van der Waals surface area contributed by atoms with Crippen LogP contribution in [0.1, 0.15) is 78.7 Å². The van der Waals surface area contributed by atoms with Crippen LogP contribution >= 0.6 is 0 Å². The first-order valence-corrected chi connectivity index (χ1v) is 11.0. The largest absolute Gasteiger partial charge is 0.491 e. The van der Waals surface area contributed by atoms with E-state index in [0.29, 0.717) is 30.8 Å². The van der Waals surface area contributed by atoms with Crippen LogP contribution in [-0.4, -0.2) is 30.7 Å². The second kappa shape index (κ2) is 10.7. The molecule has 2 atom stereocenters. The van der Waals surface area contributed by atoms with Crippen molar-refractivity contribution in [3.05, 3.63) is 17.7 Å². The molecule has 0 saturated heterocycles. The van der Waals surface area contributed by atoms with E-state index in [1.54, 1.807) is 0 Å². The average molecular weight is 420 g/mol. The van der Waals surface area contributed by atoms with E-state index < -0.39 is 0 Å². The highest BCUT2D eigenvalue weighted by Gasteiger charge is 2.36. The van der Waals surface area contributed by atoms with Gasteiger partial charge in [0.05, 0.1) is 13.2 Å². The lowest BCUT2D eigenvalue weighted by atomic mass is 9.76. The van der Waals surface area contributed by atoms with E-state index in [4.69, 9.17) is 14.2 Å². The molecular weight excluding hydrogens is 382 g/mol. The number of esters is 2. The summed E-state index contributed by atoms with van der Waals surface area (Å²) in [5, 5.41) is 3.58. The summed E-state index contributed by atoms with van der Waals surface area (Å²) in [6.07, 6.45) is 6.34. The molecule has 1 heterocycles. The maximum absolute atomic E-state index is 11.7. The molecule has 1 aromatic carbocycles. The molecule has 0 aliphatic carbocycles. The van der Waals surface area contributed by atoms with Crippen molar-refractivity contribution >= 4 is 17.6 Å². The van der Waals surface area contributed by atoms with E-state index >= 15 is 0 Å². The number of nitrogens with one attached hydrogen (secondary N) is 1. The maximum atomic E-state index is 11.7. The molecule has 2 unspecified atom stereocenters. The second-order valence-corrected chi connectivity index (χ2v) is 8.83. The van der Waals surface area contributed by atoms with Gasteiger partial charge in [-0.25, -0.2) is 0 Å². The molecule has 1 aromatic rings. The fraction of sp³-hybridized carbons (Fsp3) is 0.667. The van der Waals surface area contributed by atoms with E-state index in [1.165, 1.54) is 26.9 Å². The SMILES string of the molecule is CCCCCC(C)Oc1cc2c(c(OC(C)=O)c1)CC(CCC(=O)OC)C(C)(C)N2. The van der Waals surface area contributed by atoms with E-state index in [2.05, 4.69) is 33.0 Å². The summed E-state index contributed by atoms with van der Waals surface area (Å²) in [5.41, 5.74) is 1.65. The Morgan fingerprint density at radius 1 is 1.27 bits per heavy atom. The highest BCUT2D eigenvalue weighted by molar-refractivity contribution is 5.73. The van der Waals surface area contributed by atoms with Gasteiger partial charge in [0.25, 0.3) is 0 Å². The Morgan fingerprint density at radius 3 is 2.63 bits per heavy atom. The number of rotatable bonds is 10. The van der Waals surface area contributed by atoms with Gasteiger partial charge in [0, 0.05) is 42.3 Å². The third kappa shape index (κ3) is 6.64. The fourth-order valence-corrected chi connectivity index (χ4v) is 4.04. The number of fused-ring (bicyclic) bond motifs is 1. The topological polar surface area (TPSA) is 73.9 Å². The quantitative estimate of drug-likeness (QED) is 0.316. The van der Waals surface area contributed by atoms with Gasteiger partial charge >= 0.3 is 11.9 Å². The molecule has 30 heavy (non-hydrogen) atoms. The summed E-state index contributed by atoms with van der Waals surface area (Å²) in [6, 6.07) is 3.81. The number of methoxy groups -OCH3 is 1. The van der Waals surface area contributed by atoms with Crippen molar-refractivity contribution in [2.24, 2.45) is 5.92 Å². The Balaban J connectivity index is 2.26. The molecule has 0 spiro atoms. The number of unbranched alkanes of at least 4 members (excludes halogenated alkanes) is 2. The number of carbonyl (C=O) groups is 2. The molecular formula is C24H37NO5. The summed E-state index contributed by atoms with van der Waals surface area (Å²) in [6.45, 7) is 9.92. The van der Waals surface area contributed by atoms with Crippen molar-refractivity contribution in [3.8, 4) is 11.5 Å². The molecule has 1 aliphatic rings.